The minimum absolute atomic E-state index is 0.897. The monoisotopic (exact) mass is 752 g/mol. The van der Waals surface area contributed by atoms with Gasteiger partial charge in [0.2, 0.25) is 0 Å². The van der Waals surface area contributed by atoms with Gasteiger partial charge in [-0.15, -0.1) is 0 Å². The standard InChI is InChI=1S/C56H36N2O/c1-2-16-44-37(13-1)27-28-39-35-40(31-34-45(39)44)46-17-3-7-22-51(46)57(41-32-29-38(30-33-41)47-21-12-26-55-56(47)50-20-6-10-25-54(50)59-55)42-14-11-15-43(36-42)58-52-23-8-4-18-48(52)49-19-5-9-24-53(49)58/h1-36H. The Bertz CT molecular complexity index is 3520. The van der Waals surface area contributed by atoms with E-state index in [9.17, 15) is 0 Å². The van der Waals surface area contributed by atoms with Gasteiger partial charge in [0.15, 0.2) is 0 Å². The van der Waals surface area contributed by atoms with Gasteiger partial charge in [-0.25, -0.2) is 0 Å². The second-order valence-electron chi connectivity index (χ2n) is 15.3. The van der Waals surface area contributed by atoms with Crippen LogP contribution in [0.1, 0.15) is 0 Å². The predicted octanol–water partition coefficient (Wildman–Crippen LogP) is 15.8. The van der Waals surface area contributed by atoms with Crippen molar-refractivity contribution in [3.63, 3.8) is 0 Å². The molecule has 0 aliphatic carbocycles. The van der Waals surface area contributed by atoms with Crippen LogP contribution in [-0.2, 0) is 0 Å². The molecule has 0 spiro atoms. The van der Waals surface area contributed by atoms with Crippen LogP contribution in [0, 0.1) is 0 Å². The van der Waals surface area contributed by atoms with Crippen molar-refractivity contribution < 1.29 is 4.42 Å². The summed E-state index contributed by atoms with van der Waals surface area (Å²) in [4.78, 5) is 2.41. The van der Waals surface area contributed by atoms with E-state index in [0.29, 0.717) is 0 Å². The lowest BCUT2D eigenvalue weighted by Crippen LogP contribution is -2.11. The molecule has 12 aromatic rings. The Morgan fingerprint density at radius 3 is 1.80 bits per heavy atom. The third-order valence-corrected chi connectivity index (χ3v) is 12.0. The molecule has 0 radical (unpaired) electrons. The Labute approximate surface area is 341 Å². The van der Waals surface area contributed by atoms with Crippen LogP contribution < -0.4 is 4.90 Å². The Kier molecular flexibility index (Phi) is 7.54. The van der Waals surface area contributed by atoms with Gasteiger partial charge in [-0.1, -0.05) is 152 Å². The minimum Gasteiger partial charge on any atom is -0.456 e. The van der Waals surface area contributed by atoms with Crippen molar-refractivity contribution in [2.75, 3.05) is 4.90 Å². The van der Waals surface area contributed by atoms with Crippen molar-refractivity contribution in [3.8, 4) is 27.9 Å². The highest BCUT2D eigenvalue weighted by Crippen LogP contribution is 2.44. The first-order chi connectivity index (χ1) is 29.3. The first kappa shape index (κ1) is 33.3. The number of para-hydroxylation sites is 4. The van der Waals surface area contributed by atoms with Crippen LogP contribution >= 0.6 is 0 Å². The highest BCUT2D eigenvalue weighted by Gasteiger charge is 2.20. The maximum Gasteiger partial charge on any atom is 0.136 e. The number of rotatable bonds is 6. The first-order valence-electron chi connectivity index (χ1n) is 20.2. The molecule has 0 saturated heterocycles. The summed E-state index contributed by atoms with van der Waals surface area (Å²) in [5, 5.41) is 9.77. The molecule has 59 heavy (non-hydrogen) atoms. The summed E-state index contributed by atoms with van der Waals surface area (Å²) in [6.45, 7) is 0. The van der Waals surface area contributed by atoms with Gasteiger partial charge in [0.25, 0.3) is 0 Å². The SMILES string of the molecule is c1cc(N(c2ccc(-c3cccc4oc5ccccc5c34)cc2)c2ccccc2-c2ccc3c(ccc4ccccc43)c2)cc(-n2c3ccccc3c3ccccc32)c1. The van der Waals surface area contributed by atoms with E-state index in [2.05, 4.69) is 216 Å². The predicted molar refractivity (Wildman–Crippen MR) is 249 cm³/mol. The summed E-state index contributed by atoms with van der Waals surface area (Å²) in [6.07, 6.45) is 0. The molecule has 2 heterocycles. The molecule has 0 fully saturated rings. The summed E-state index contributed by atoms with van der Waals surface area (Å²) < 4.78 is 8.67. The summed E-state index contributed by atoms with van der Waals surface area (Å²) in [5.74, 6) is 0. The van der Waals surface area contributed by atoms with Gasteiger partial charge in [-0.2, -0.15) is 0 Å². The first-order valence-corrected chi connectivity index (χ1v) is 20.2. The van der Waals surface area contributed by atoms with Crippen molar-refractivity contribution in [2.24, 2.45) is 0 Å². The van der Waals surface area contributed by atoms with Crippen LogP contribution in [0.4, 0.5) is 17.1 Å². The number of fused-ring (bicyclic) bond motifs is 9. The summed E-state index contributed by atoms with van der Waals surface area (Å²) in [7, 11) is 0. The van der Waals surface area contributed by atoms with E-state index < -0.39 is 0 Å². The molecular weight excluding hydrogens is 717 g/mol. The average molecular weight is 753 g/mol. The van der Waals surface area contributed by atoms with E-state index in [4.69, 9.17) is 4.42 Å². The number of anilines is 3. The van der Waals surface area contributed by atoms with Gasteiger partial charge < -0.3 is 13.9 Å². The Hall–Kier alpha value is -7.88. The number of hydrogen-bond donors (Lipinski definition) is 0. The summed E-state index contributed by atoms with van der Waals surface area (Å²) in [5.41, 5.74) is 13.1. The zero-order valence-electron chi connectivity index (χ0n) is 32.1. The maximum atomic E-state index is 6.28. The fourth-order valence-corrected chi connectivity index (χ4v) is 9.30. The molecule has 276 valence electrons. The van der Waals surface area contributed by atoms with Gasteiger partial charge in [-0.05, 0) is 105 Å². The quantitative estimate of drug-likeness (QED) is 0.158. The fourth-order valence-electron chi connectivity index (χ4n) is 9.30. The van der Waals surface area contributed by atoms with Crippen molar-refractivity contribution in [1.82, 2.24) is 4.57 Å². The molecule has 3 heteroatoms. The molecule has 12 rings (SSSR count). The van der Waals surface area contributed by atoms with Gasteiger partial charge in [-0.3, -0.25) is 0 Å². The van der Waals surface area contributed by atoms with Gasteiger partial charge in [0.05, 0.1) is 16.7 Å². The molecule has 0 bridgehead atoms. The lowest BCUT2D eigenvalue weighted by atomic mass is 9.96. The molecule has 2 aromatic heterocycles. The van der Waals surface area contributed by atoms with Crippen molar-refractivity contribution in [1.29, 1.82) is 0 Å². The van der Waals surface area contributed by atoms with Gasteiger partial charge >= 0.3 is 0 Å². The maximum absolute atomic E-state index is 6.28. The molecular formula is C56H36N2O. The second kappa shape index (κ2) is 13.4. The average Bonchev–Trinajstić information content (AvgIpc) is 3.86. The zero-order valence-corrected chi connectivity index (χ0v) is 32.1. The molecule has 0 N–H and O–H groups in total. The van der Waals surface area contributed by atoms with Crippen LogP contribution in [0.3, 0.4) is 0 Å². The van der Waals surface area contributed by atoms with Crippen molar-refractivity contribution in [3.05, 3.63) is 218 Å². The number of hydrogen-bond acceptors (Lipinski definition) is 2. The molecule has 0 amide bonds. The second-order valence-corrected chi connectivity index (χ2v) is 15.3. The molecule has 0 saturated carbocycles. The van der Waals surface area contributed by atoms with Gasteiger partial charge in [0.1, 0.15) is 11.2 Å². The number of benzene rings is 10. The summed E-state index contributed by atoms with van der Waals surface area (Å²) in [6, 6.07) is 78.8. The topological polar surface area (TPSA) is 21.3 Å². The number of aromatic nitrogens is 1. The highest BCUT2D eigenvalue weighted by molar-refractivity contribution is 6.13. The smallest absolute Gasteiger partial charge is 0.136 e. The van der Waals surface area contributed by atoms with E-state index in [-0.39, 0.29) is 0 Å². The zero-order chi connectivity index (χ0) is 38.9. The highest BCUT2D eigenvalue weighted by atomic mass is 16.3. The Balaban J connectivity index is 1.05. The molecule has 0 aliphatic rings. The number of furan rings is 1. The van der Waals surface area contributed by atoms with Crippen LogP contribution in [-0.4, -0.2) is 4.57 Å². The van der Waals surface area contributed by atoms with E-state index in [0.717, 1.165) is 61.4 Å². The third-order valence-electron chi connectivity index (χ3n) is 12.0. The van der Waals surface area contributed by atoms with E-state index >= 15 is 0 Å². The normalized spacial score (nSPS) is 11.7. The lowest BCUT2D eigenvalue weighted by molar-refractivity contribution is 0.669. The third kappa shape index (κ3) is 5.36. The Morgan fingerprint density at radius 1 is 0.356 bits per heavy atom. The van der Waals surface area contributed by atoms with Crippen molar-refractivity contribution in [2.45, 2.75) is 0 Å². The van der Waals surface area contributed by atoms with E-state index in [1.807, 2.05) is 12.1 Å². The fraction of sp³-hybridized carbons (Fsp3) is 0. The van der Waals surface area contributed by atoms with Crippen LogP contribution in [0.2, 0.25) is 0 Å². The van der Waals surface area contributed by atoms with Crippen LogP contribution in [0.5, 0.6) is 0 Å². The summed E-state index contributed by atoms with van der Waals surface area (Å²) >= 11 is 0. The van der Waals surface area contributed by atoms with E-state index in [1.54, 1.807) is 0 Å². The molecule has 0 unspecified atom stereocenters. The van der Waals surface area contributed by atoms with E-state index in [1.165, 1.54) is 48.9 Å². The minimum atomic E-state index is 0.897. The molecule has 0 atom stereocenters. The largest absolute Gasteiger partial charge is 0.456 e. The lowest BCUT2D eigenvalue weighted by Gasteiger charge is -2.28. The molecule has 10 aromatic carbocycles. The molecule has 0 aliphatic heterocycles. The molecule has 3 nitrogen and oxygen atoms in total. The van der Waals surface area contributed by atoms with Crippen LogP contribution in [0.25, 0.3) is 93.2 Å². The van der Waals surface area contributed by atoms with Gasteiger partial charge in [0, 0.05) is 44.2 Å². The number of nitrogens with zero attached hydrogens (tertiary/aromatic N) is 2. The Morgan fingerprint density at radius 2 is 0.966 bits per heavy atom. The van der Waals surface area contributed by atoms with Crippen LogP contribution in [0.15, 0.2) is 223 Å². The van der Waals surface area contributed by atoms with Crippen molar-refractivity contribution >= 4 is 82.4 Å².